The van der Waals surface area contributed by atoms with E-state index in [1.165, 1.54) is 0 Å². The first-order chi connectivity index (χ1) is 14.3. The molecule has 1 unspecified atom stereocenters. The molecule has 1 atom stereocenters. The number of hydrogen-bond donors (Lipinski definition) is 0. The smallest absolute Gasteiger partial charge is 0.248 e. The number of amides is 1. The fraction of sp³-hybridized carbons (Fsp3) is 0.286. The second-order valence-corrected chi connectivity index (χ2v) is 7.81. The third kappa shape index (κ3) is 3.75. The van der Waals surface area contributed by atoms with E-state index in [9.17, 15) is 4.79 Å². The van der Waals surface area contributed by atoms with E-state index >= 15 is 0 Å². The van der Waals surface area contributed by atoms with Gasteiger partial charge < -0.3 is 18.8 Å². The molecular formula is C21H19N3O4S. The molecule has 29 heavy (non-hydrogen) atoms. The molecule has 7 nitrogen and oxygen atoms in total. The van der Waals surface area contributed by atoms with Crippen LogP contribution in [-0.2, 0) is 4.79 Å². The monoisotopic (exact) mass is 409 g/mol. The van der Waals surface area contributed by atoms with Gasteiger partial charge in [0.05, 0.1) is 5.92 Å². The molecule has 0 spiro atoms. The van der Waals surface area contributed by atoms with Gasteiger partial charge in [0.1, 0.15) is 0 Å². The van der Waals surface area contributed by atoms with Crippen LogP contribution in [0.2, 0.25) is 0 Å². The van der Waals surface area contributed by atoms with Gasteiger partial charge in [-0.2, -0.15) is 11.3 Å². The lowest BCUT2D eigenvalue weighted by molar-refractivity contribution is -0.127. The first-order valence-corrected chi connectivity index (χ1v) is 10.4. The van der Waals surface area contributed by atoms with Gasteiger partial charge in [-0.3, -0.25) is 4.79 Å². The second kappa shape index (κ2) is 7.71. The Balaban J connectivity index is 1.25. The highest BCUT2D eigenvalue weighted by atomic mass is 32.1. The minimum Gasteiger partial charge on any atom is -0.454 e. The quantitative estimate of drug-likeness (QED) is 0.608. The summed E-state index contributed by atoms with van der Waals surface area (Å²) in [6.07, 6.45) is 5.24. The average molecular weight is 409 g/mol. The molecule has 1 aromatic carbocycles. The van der Waals surface area contributed by atoms with Crippen molar-refractivity contribution in [1.29, 1.82) is 0 Å². The van der Waals surface area contributed by atoms with Crippen LogP contribution >= 0.6 is 11.3 Å². The first kappa shape index (κ1) is 17.9. The lowest BCUT2D eigenvalue weighted by Gasteiger charge is -2.30. The van der Waals surface area contributed by atoms with Crippen LogP contribution < -0.4 is 9.47 Å². The Labute approximate surface area is 171 Å². The molecule has 1 amide bonds. The summed E-state index contributed by atoms with van der Waals surface area (Å²) >= 11 is 1.59. The van der Waals surface area contributed by atoms with E-state index in [0.717, 1.165) is 36.3 Å². The molecule has 8 heteroatoms. The van der Waals surface area contributed by atoms with Gasteiger partial charge in [-0.05, 0) is 48.1 Å². The van der Waals surface area contributed by atoms with Crippen LogP contribution in [0.3, 0.4) is 0 Å². The number of likely N-dealkylation sites (tertiary alicyclic amines) is 1. The normalized spacial score (nSPS) is 18.5. The van der Waals surface area contributed by atoms with Gasteiger partial charge in [0.25, 0.3) is 0 Å². The molecule has 5 rings (SSSR count). The van der Waals surface area contributed by atoms with Crippen LogP contribution in [0.15, 0.2) is 45.5 Å². The third-order valence-electron chi connectivity index (χ3n) is 5.11. The summed E-state index contributed by atoms with van der Waals surface area (Å²) in [7, 11) is 0. The Kier molecular flexibility index (Phi) is 4.77. The Morgan fingerprint density at radius 1 is 1.21 bits per heavy atom. The van der Waals surface area contributed by atoms with Gasteiger partial charge in [0, 0.05) is 30.1 Å². The average Bonchev–Trinajstić information content (AvgIpc) is 3.52. The number of rotatable bonds is 4. The standard InChI is InChI=1S/C21H19N3O4S/c25-19(6-4-14-3-5-17-18(10-14)27-13-26-17)24-8-1-2-15(11-24)20-22-23-21(28-20)16-7-9-29-12-16/h3-7,9-10,12,15H,1-2,8,11,13H2/b6-4+. The Bertz CT molecular complexity index is 1040. The maximum atomic E-state index is 12.7. The van der Waals surface area contributed by atoms with Gasteiger partial charge in [0.15, 0.2) is 11.5 Å². The van der Waals surface area contributed by atoms with Gasteiger partial charge in [-0.25, -0.2) is 0 Å². The van der Waals surface area contributed by atoms with Crippen LogP contribution in [0.1, 0.15) is 30.2 Å². The van der Waals surface area contributed by atoms with Crippen LogP contribution in [0, 0.1) is 0 Å². The minimum atomic E-state index is -0.0232. The van der Waals surface area contributed by atoms with E-state index in [4.69, 9.17) is 13.9 Å². The summed E-state index contributed by atoms with van der Waals surface area (Å²) in [6.45, 7) is 1.54. The predicted molar refractivity (Wildman–Crippen MR) is 108 cm³/mol. The van der Waals surface area contributed by atoms with Crippen molar-refractivity contribution in [3.8, 4) is 23.0 Å². The first-order valence-electron chi connectivity index (χ1n) is 9.49. The third-order valence-corrected chi connectivity index (χ3v) is 5.79. The molecule has 0 N–H and O–H groups in total. The number of piperidine rings is 1. The van der Waals surface area contributed by atoms with E-state index in [1.807, 2.05) is 39.9 Å². The predicted octanol–water partition coefficient (Wildman–Crippen LogP) is 3.95. The second-order valence-electron chi connectivity index (χ2n) is 7.03. The highest BCUT2D eigenvalue weighted by Gasteiger charge is 2.28. The lowest BCUT2D eigenvalue weighted by atomic mass is 9.98. The highest BCUT2D eigenvalue weighted by molar-refractivity contribution is 7.08. The van der Waals surface area contributed by atoms with Gasteiger partial charge in [-0.15, -0.1) is 10.2 Å². The van der Waals surface area contributed by atoms with E-state index < -0.39 is 0 Å². The van der Waals surface area contributed by atoms with Crippen molar-refractivity contribution >= 4 is 23.3 Å². The van der Waals surface area contributed by atoms with E-state index in [1.54, 1.807) is 23.5 Å². The number of aromatic nitrogens is 2. The van der Waals surface area contributed by atoms with Crippen LogP contribution in [0.5, 0.6) is 11.5 Å². The summed E-state index contributed by atoms with van der Waals surface area (Å²) in [6, 6.07) is 7.58. The van der Waals surface area contributed by atoms with E-state index in [0.29, 0.717) is 24.1 Å². The summed E-state index contributed by atoms with van der Waals surface area (Å²) in [5.74, 6) is 2.61. The number of nitrogens with zero attached hydrogens (tertiary/aromatic N) is 3. The van der Waals surface area contributed by atoms with Gasteiger partial charge >= 0.3 is 0 Å². The summed E-state index contributed by atoms with van der Waals surface area (Å²) in [5.41, 5.74) is 1.83. The van der Waals surface area contributed by atoms with Crippen molar-refractivity contribution in [1.82, 2.24) is 15.1 Å². The zero-order valence-corrected chi connectivity index (χ0v) is 16.4. The zero-order chi connectivity index (χ0) is 19.6. The molecule has 148 valence electrons. The van der Waals surface area contributed by atoms with E-state index in [2.05, 4.69) is 10.2 Å². The summed E-state index contributed by atoms with van der Waals surface area (Å²) in [5, 5.41) is 12.3. The maximum absolute atomic E-state index is 12.7. The lowest BCUT2D eigenvalue weighted by Crippen LogP contribution is -2.38. The molecule has 4 heterocycles. The molecule has 2 aliphatic rings. The van der Waals surface area contributed by atoms with Crippen molar-refractivity contribution in [3.05, 3.63) is 52.6 Å². The fourth-order valence-corrected chi connectivity index (χ4v) is 4.20. The van der Waals surface area contributed by atoms with Crippen LogP contribution in [0.25, 0.3) is 17.5 Å². The maximum Gasteiger partial charge on any atom is 0.248 e. The van der Waals surface area contributed by atoms with Crippen molar-refractivity contribution in [2.75, 3.05) is 19.9 Å². The van der Waals surface area contributed by atoms with Crippen LogP contribution in [-0.4, -0.2) is 40.9 Å². The number of thiophene rings is 1. The summed E-state index contributed by atoms with van der Waals surface area (Å²) in [4.78, 5) is 14.5. The highest BCUT2D eigenvalue weighted by Crippen LogP contribution is 2.33. The molecular weight excluding hydrogens is 390 g/mol. The Morgan fingerprint density at radius 3 is 3.03 bits per heavy atom. The topological polar surface area (TPSA) is 77.7 Å². The molecule has 2 aliphatic heterocycles. The molecule has 0 aliphatic carbocycles. The molecule has 3 aromatic rings. The van der Waals surface area contributed by atoms with E-state index in [-0.39, 0.29) is 18.6 Å². The van der Waals surface area contributed by atoms with Crippen molar-refractivity contribution in [3.63, 3.8) is 0 Å². The van der Waals surface area contributed by atoms with Gasteiger partial charge in [-0.1, -0.05) is 6.07 Å². The molecule has 2 aromatic heterocycles. The molecule has 0 bridgehead atoms. The molecule has 1 saturated heterocycles. The Morgan fingerprint density at radius 2 is 2.14 bits per heavy atom. The number of carbonyl (C=O) groups excluding carboxylic acids is 1. The summed E-state index contributed by atoms with van der Waals surface area (Å²) < 4.78 is 16.6. The zero-order valence-electron chi connectivity index (χ0n) is 15.6. The largest absolute Gasteiger partial charge is 0.454 e. The SMILES string of the molecule is O=C(/C=C/c1ccc2c(c1)OCO2)N1CCCC(c2nnc(-c3ccsc3)o2)C1. The van der Waals surface area contributed by atoms with Crippen molar-refractivity contribution in [2.24, 2.45) is 0 Å². The molecule has 0 saturated carbocycles. The number of fused-ring (bicyclic) bond motifs is 1. The Hall–Kier alpha value is -3.13. The molecule has 0 radical (unpaired) electrons. The van der Waals surface area contributed by atoms with Crippen LogP contribution in [0.4, 0.5) is 0 Å². The minimum absolute atomic E-state index is 0.0232. The number of hydrogen-bond acceptors (Lipinski definition) is 7. The fourth-order valence-electron chi connectivity index (χ4n) is 3.57. The molecule has 1 fully saturated rings. The number of carbonyl (C=O) groups is 1. The van der Waals surface area contributed by atoms with Gasteiger partial charge in [0.2, 0.25) is 24.5 Å². The van der Waals surface area contributed by atoms with Crippen molar-refractivity contribution < 1.29 is 18.7 Å². The van der Waals surface area contributed by atoms with Crippen molar-refractivity contribution in [2.45, 2.75) is 18.8 Å². The number of ether oxygens (including phenoxy) is 2. The number of benzene rings is 1.